The van der Waals surface area contributed by atoms with Gasteiger partial charge in [-0.25, -0.2) is 4.98 Å². The van der Waals surface area contributed by atoms with Crippen molar-refractivity contribution in [1.82, 2.24) is 15.2 Å². The van der Waals surface area contributed by atoms with Gasteiger partial charge in [0.05, 0.1) is 17.7 Å². The van der Waals surface area contributed by atoms with E-state index in [2.05, 4.69) is 20.1 Å². The van der Waals surface area contributed by atoms with E-state index in [1.54, 1.807) is 13.1 Å². The van der Waals surface area contributed by atoms with Crippen molar-refractivity contribution in [2.75, 3.05) is 18.0 Å². The summed E-state index contributed by atoms with van der Waals surface area (Å²) in [5, 5.41) is 8.50. The molecule has 3 heterocycles. The first-order valence-corrected chi connectivity index (χ1v) is 6.82. The highest BCUT2D eigenvalue weighted by atomic mass is 35.5. The average Bonchev–Trinajstić information content (AvgIpc) is 2.85. The summed E-state index contributed by atoms with van der Waals surface area (Å²) in [6.07, 6.45) is 1.49. The van der Waals surface area contributed by atoms with Gasteiger partial charge in [0.1, 0.15) is 5.82 Å². The van der Waals surface area contributed by atoms with E-state index in [0.29, 0.717) is 23.3 Å². The first-order valence-electron chi connectivity index (χ1n) is 6.44. The van der Waals surface area contributed by atoms with Crippen LogP contribution < -0.4 is 4.90 Å². The van der Waals surface area contributed by atoms with Crippen LogP contribution in [-0.2, 0) is 4.74 Å². The van der Waals surface area contributed by atoms with Crippen molar-refractivity contribution >= 4 is 17.4 Å². The van der Waals surface area contributed by atoms with Gasteiger partial charge in [0.25, 0.3) is 0 Å². The lowest BCUT2D eigenvalue weighted by atomic mass is 10.2. The van der Waals surface area contributed by atoms with E-state index < -0.39 is 0 Å². The number of ether oxygens (including phenoxy) is 1. The molecule has 0 unspecified atom stereocenters. The second-order valence-corrected chi connectivity index (χ2v) is 5.22. The molecule has 6 nitrogen and oxygen atoms in total. The van der Waals surface area contributed by atoms with E-state index >= 15 is 0 Å². The Kier molecular flexibility index (Phi) is 3.58. The number of aromatic nitrogens is 3. The monoisotopic (exact) mass is 294 g/mol. The van der Waals surface area contributed by atoms with Gasteiger partial charge in [-0.2, -0.15) is 0 Å². The lowest BCUT2D eigenvalue weighted by molar-refractivity contribution is -0.0313. The Balaban J connectivity index is 1.85. The van der Waals surface area contributed by atoms with Gasteiger partial charge in [-0.05, 0) is 19.1 Å². The Morgan fingerprint density at radius 1 is 1.35 bits per heavy atom. The van der Waals surface area contributed by atoms with Gasteiger partial charge in [0.15, 0.2) is 6.10 Å². The normalized spacial score (nSPS) is 23.1. The molecule has 1 aliphatic heterocycles. The fraction of sp³-hybridized carbons (Fsp3) is 0.462. The summed E-state index contributed by atoms with van der Waals surface area (Å²) in [5.41, 5.74) is 0. The van der Waals surface area contributed by atoms with Crippen LogP contribution >= 0.6 is 11.6 Å². The van der Waals surface area contributed by atoms with Crippen molar-refractivity contribution in [3.63, 3.8) is 0 Å². The minimum absolute atomic E-state index is 0.0269. The molecule has 0 bridgehead atoms. The maximum atomic E-state index is 6.21. The number of pyridine rings is 1. The molecule has 20 heavy (non-hydrogen) atoms. The standard InChI is InChI=1S/C13H15ClN4O2/c1-8-6-18(12-10(14)4-3-5-15-12)7-11(19-8)13-17-16-9(2)20-13/h3-5,8,11H,6-7H2,1-2H3/t8-,11-/m1/s1. The first kappa shape index (κ1) is 13.3. The van der Waals surface area contributed by atoms with Crippen molar-refractivity contribution in [3.05, 3.63) is 35.1 Å². The van der Waals surface area contributed by atoms with Gasteiger partial charge < -0.3 is 14.1 Å². The zero-order valence-corrected chi connectivity index (χ0v) is 12.0. The molecule has 0 aromatic carbocycles. The summed E-state index contributed by atoms with van der Waals surface area (Å²) < 4.78 is 11.3. The van der Waals surface area contributed by atoms with E-state index in [1.807, 2.05) is 19.1 Å². The van der Waals surface area contributed by atoms with Crippen LogP contribution in [0.25, 0.3) is 0 Å². The van der Waals surface area contributed by atoms with Crippen LogP contribution in [0.5, 0.6) is 0 Å². The molecule has 2 aromatic rings. The molecular formula is C13H15ClN4O2. The van der Waals surface area contributed by atoms with Crippen molar-refractivity contribution in [1.29, 1.82) is 0 Å². The summed E-state index contributed by atoms with van der Waals surface area (Å²) in [6.45, 7) is 5.07. The predicted molar refractivity (Wildman–Crippen MR) is 73.8 cm³/mol. The number of halogens is 1. The fourth-order valence-corrected chi connectivity index (χ4v) is 2.55. The minimum atomic E-state index is -0.266. The van der Waals surface area contributed by atoms with Crippen molar-refractivity contribution < 1.29 is 9.15 Å². The van der Waals surface area contributed by atoms with Crippen LogP contribution in [0.4, 0.5) is 5.82 Å². The number of aryl methyl sites for hydroxylation is 1. The van der Waals surface area contributed by atoms with Crippen LogP contribution in [0.1, 0.15) is 24.8 Å². The summed E-state index contributed by atoms with van der Waals surface area (Å²) in [4.78, 5) is 6.43. The van der Waals surface area contributed by atoms with E-state index in [9.17, 15) is 0 Å². The largest absolute Gasteiger partial charge is 0.423 e. The van der Waals surface area contributed by atoms with Gasteiger partial charge in [-0.15, -0.1) is 10.2 Å². The Hall–Kier alpha value is -1.66. The third kappa shape index (κ3) is 2.62. The smallest absolute Gasteiger partial charge is 0.247 e. The Morgan fingerprint density at radius 2 is 2.20 bits per heavy atom. The number of hydrogen-bond acceptors (Lipinski definition) is 6. The number of morpholine rings is 1. The molecule has 0 aliphatic carbocycles. The zero-order chi connectivity index (χ0) is 14.1. The van der Waals surface area contributed by atoms with E-state index in [4.69, 9.17) is 20.8 Å². The molecule has 0 radical (unpaired) electrons. The highest BCUT2D eigenvalue weighted by Gasteiger charge is 2.31. The molecule has 0 spiro atoms. The molecule has 1 fully saturated rings. The maximum absolute atomic E-state index is 6.21. The Morgan fingerprint density at radius 3 is 2.90 bits per heavy atom. The lowest BCUT2D eigenvalue weighted by Crippen LogP contribution is -2.43. The molecule has 1 saturated heterocycles. The topological polar surface area (TPSA) is 64.3 Å². The average molecular weight is 295 g/mol. The van der Waals surface area contributed by atoms with Crippen molar-refractivity contribution in [2.45, 2.75) is 26.1 Å². The summed E-state index contributed by atoms with van der Waals surface area (Å²) in [5.74, 6) is 1.78. The van der Waals surface area contributed by atoms with Gasteiger partial charge in [-0.1, -0.05) is 11.6 Å². The summed E-state index contributed by atoms with van der Waals surface area (Å²) >= 11 is 6.21. The summed E-state index contributed by atoms with van der Waals surface area (Å²) in [7, 11) is 0. The van der Waals surface area contributed by atoms with Crippen LogP contribution in [0.15, 0.2) is 22.7 Å². The third-order valence-electron chi connectivity index (χ3n) is 3.12. The van der Waals surface area contributed by atoms with Gasteiger partial charge in [0.2, 0.25) is 11.8 Å². The van der Waals surface area contributed by atoms with Crippen LogP contribution in [-0.4, -0.2) is 34.4 Å². The number of anilines is 1. The molecule has 0 saturated carbocycles. The fourth-order valence-electron chi connectivity index (χ4n) is 2.31. The first-order chi connectivity index (χ1) is 9.63. The zero-order valence-electron chi connectivity index (χ0n) is 11.3. The van der Waals surface area contributed by atoms with Gasteiger partial charge in [-0.3, -0.25) is 0 Å². The number of rotatable bonds is 2. The molecule has 0 amide bonds. The predicted octanol–water partition coefficient (Wildman–Crippen LogP) is 2.39. The highest BCUT2D eigenvalue weighted by molar-refractivity contribution is 6.32. The molecule has 7 heteroatoms. The molecule has 3 rings (SSSR count). The molecular weight excluding hydrogens is 280 g/mol. The lowest BCUT2D eigenvalue weighted by Gasteiger charge is -2.36. The van der Waals surface area contributed by atoms with E-state index in [-0.39, 0.29) is 12.2 Å². The number of nitrogens with zero attached hydrogens (tertiary/aromatic N) is 4. The minimum Gasteiger partial charge on any atom is -0.423 e. The second kappa shape index (κ2) is 5.38. The third-order valence-corrected chi connectivity index (χ3v) is 3.41. The van der Waals surface area contributed by atoms with Crippen LogP contribution in [0, 0.1) is 6.92 Å². The van der Waals surface area contributed by atoms with E-state index in [0.717, 1.165) is 12.4 Å². The van der Waals surface area contributed by atoms with E-state index in [1.165, 1.54) is 0 Å². The Bertz CT molecular complexity index is 604. The quantitative estimate of drug-likeness (QED) is 0.847. The van der Waals surface area contributed by atoms with Crippen LogP contribution in [0.3, 0.4) is 0 Å². The van der Waals surface area contributed by atoms with Crippen molar-refractivity contribution in [3.8, 4) is 0 Å². The molecule has 2 aromatic heterocycles. The maximum Gasteiger partial charge on any atom is 0.247 e. The molecule has 2 atom stereocenters. The molecule has 106 valence electrons. The second-order valence-electron chi connectivity index (χ2n) is 4.81. The number of hydrogen-bond donors (Lipinski definition) is 0. The van der Waals surface area contributed by atoms with Crippen LogP contribution in [0.2, 0.25) is 5.02 Å². The molecule has 1 aliphatic rings. The van der Waals surface area contributed by atoms with Crippen molar-refractivity contribution in [2.24, 2.45) is 0 Å². The molecule has 0 N–H and O–H groups in total. The highest BCUT2D eigenvalue weighted by Crippen LogP contribution is 2.30. The summed E-state index contributed by atoms with van der Waals surface area (Å²) in [6, 6.07) is 3.64. The van der Waals surface area contributed by atoms with Gasteiger partial charge >= 0.3 is 0 Å². The SMILES string of the molecule is Cc1nnc([C@H]2CN(c3ncccc3Cl)C[C@@H](C)O2)o1. The Labute approximate surface area is 121 Å². The van der Waals surface area contributed by atoms with Gasteiger partial charge in [0, 0.05) is 19.7 Å².